The summed E-state index contributed by atoms with van der Waals surface area (Å²) < 4.78 is 33.1. The Morgan fingerprint density at radius 1 is 1.00 bits per heavy atom. The first-order valence-corrected chi connectivity index (χ1v) is 11.7. The number of methoxy groups -OCH3 is 1. The number of nitrogens with one attached hydrogen (secondary N) is 1. The summed E-state index contributed by atoms with van der Waals surface area (Å²) in [6.45, 7) is 5.56. The van der Waals surface area contributed by atoms with E-state index in [2.05, 4.69) is 11.4 Å². The number of rotatable bonds is 8. The largest absolute Gasteiger partial charge is 0.497 e. The van der Waals surface area contributed by atoms with E-state index < -0.39 is 15.9 Å². The van der Waals surface area contributed by atoms with Crippen LogP contribution in [0.15, 0.2) is 77.7 Å². The van der Waals surface area contributed by atoms with Gasteiger partial charge in [-0.2, -0.15) is 0 Å². The van der Waals surface area contributed by atoms with Gasteiger partial charge in [-0.05, 0) is 68.3 Å². The fraction of sp³-hybridized carbons (Fsp3) is 0.240. The van der Waals surface area contributed by atoms with Crippen LogP contribution in [-0.4, -0.2) is 28.0 Å². The Kier molecular flexibility index (Phi) is 7.20. The first kappa shape index (κ1) is 23.3. The van der Waals surface area contributed by atoms with E-state index in [4.69, 9.17) is 4.74 Å². The molecule has 0 saturated carbocycles. The van der Waals surface area contributed by atoms with E-state index in [0.29, 0.717) is 11.4 Å². The van der Waals surface area contributed by atoms with Gasteiger partial charge in [-0.1, -0.05) is 42.0 Å². The van der Waals surface area contributed by atoms with Crippen LogP contribution in [0.5, 0.6) is 5.75 Å². The fourth-order valence-corrected chi connectivity index (χ4v) is 5.01. The molecule has 3 aromatic rings. The monoisotopic (exact) mass is 452 g/mol. The molecule has 1 N–H and O–H groups in total. The van der Waals surface area contributed by atoms with Crippen molar-refractivity contribution in [3.8, 4) is 5.75 Å². The number of amides is 1. The Morgan fingerprint density at radius 3 is 2.25 bits per heavy atom. The van der Waals surface area contributed by atoms with Crippen molar-refractivity contribution in [1.82, 2.24) is 5.32 Å². The normalized spacial score (nSPS) is 12.1. The minimum atomic E-state index is -3.97. The lowest BCUT2D eigenvalue weighted by atomic mass is 10.0. The number of aryl methyl sites for hydroxylation is 2. The third kappa shape index (κ3) is 5.29. The molecule has 3 rings (SSSR count). The highest BCUT2D eigenvalue weighted by molar-refractivity contribution is 7.92. The maximum Gasteiger partial charge on any atom is 0.264 e. The number of anilines is 1. The molecule has 0 spiro atoms. The summed E-state index contributed by atoms with van der Waals surface area (Å²) in [6.07, 6.45) is 0. The molecule has 0 aliphatic carbocycles. The van der Waals surface area contributed by atoms with Crippen molar-refractivity contribution >= 4 is 21.6 Å². The van der Waals surface area contributed by atoms with Gasteiger partial charge in [0, 0.05) is 0 Å². The van der Waals surface area contributed by atoms with Gasteiger partial charge >= 0.3 is 0 Å². The van der Waals surface area contributed by atoms with E-state index in [0.717, 1.165) is 21.0 Å². The number of sulfonamides is 1. The summed E-state index contributed by atoms with van der Waals surface area (Å²) in [5.41, 5.74) is 3.63. The zero-order valence-electron chi connectivity index (χ0n) is 18.7. The van der Waals surface area contributed by atoms with Crippen molar-refractivity contribution in [3.63, 3.8) is 0 Å². The number of nitrogens with zero attached hydrogens (tertiary/aromatic N) is 1. The number of ether oxygens (including phenoxy) is 1. The van der Waals surface area contributed by atoms with Crippen LogP contribution in [-0.2, 0) is 14.8 Å². The van der Waals surface area contributed by atoms with Crippen LogP contribution in [0.2, 0.25) is 0 Å². The van der Waals surface area contributed by atoms with Crippen LogP contribution in [0, 0.1) is 13.8 Å². The van der Waals surface area contributed by atoms with Crippen molar-refractivity contribution in [1.29, 1.82) is 0 Å². The van der Waals surface area contributed by atoms with Crippen LogP contribution < -0.4 is 14.4 Å². The van der Waals surface area contributed by atoms with Crippen molar-refractivity contribution in [2.24, 2.45) is 0 Å². The van der Waals surface area contributed by atoms with Gasteiger partial charge < -0.3 is 10.1 Å². The van der Waals surface area contributed by atoms with Crippen molar-refractivity contribution in [2.45, 2.75) is 31.7 Å². The van der Waals surface area contributed by atoms with Crippen LogP contribution >= 0.6 is 0 Å². The molecule has 1 amide bonds. The fourth-order valence-electron chi connectivity index (χ4n) is 3.59. The molecule has 0 aliphatic heterocycles. The summed E-state index contributed by atoms with van der Waals surface area (Å²) in [7, 11) is -2.46. The number of hydrogen-bond acceptors (Lipinski definition) is 4. The Bertz CT molecular complexity index is 1180. The van der Waals surface area contributed by atoms with Gasteiger partial charge in [0.05, 0.1) is 23.7 Å². The number of carbonyl (C=O) groups is 1. The molecule has 1 atom stereocenters. The van der Waals surface area contributed by atoms with Crippen molar-refractivity contribution in [2.75, 3.05) is 18.0 Å². The molecule has 168 valence electrons. The number of benzene rings is 3. The molecule has 6 nitrogen and oxygen atoms in total. The molecular formula is C25H28N2O4S. The summed E-state index contributed by atoms with van der Waals surface area (Å²) in [5, 5.41) is 2.93. The van der Waals surface area contributed by atoms with Gasteiger partial charge in [-0.3, -0.25) is 9.10 Å². The van der Waals surface area contributed by atoms with Gasteiger partial charge in [-0.15, -0.1) is 0 Å². The lowest BCUT2D eigenvalue weighted by molar-refractivity contribution is -0.120. The average Bonchev–Trinajstić information content (AvgIpc) is 2.77. The minimum Gasteiger partial charge on any atom is -0.497 e. The van der Waals surface area contributed by atoms with Crippen LogP contribution in [0.1, 0.15) is 29.7 Å². The van der Waals surface area contributed by atoms with Crippen LogP contribution in [0.25, 0.3) is 0 Å². The SMILES string of the molecule is COc1ccc(S(=O)(=O)N(CC(=O)N[C@@H](C)c2ccc(C)cc2C)c2ccccc2)cc1. The van der Waals surface area contributed by atoms with Gasteiger partial charge in [0.15, 0.2) is 0 Å². The van der Waals surface area contributed by atoms with Crippen molar-refractivity contribution < 1.29 is 17.9 Å². The molecule has 0 fully saturated rings. The molecule has 0 aromatic heterocycles. The highest BCUT2D eigenvalue weighted by Gasteiger charge is 2.27. The summed E-state index contributed by atoms with van der Waals surface area (Å²) >= 11 is 0. The standard InChI is InChI=1S/C25H28N2O4S/c1-18-10-15-24(19(2)16-18)20(3)26-25(28)17-27(21-8-6-5-7-9-21)32(29,30)23-13-11-22(31-4)12-14-23/h5-16,20H,17H2,1-4H3,(H,26,28)/t20-/m0/s1. The Balaban J connectivity index is 1.87. The van der Waals surface area contributed by atoms with E-state index in [1.807, 2.05) is 32.9 Å². The van der Waals surface area contributed by atoms with Gasteiger partial charge in [-0.25, -0.2) is 8.42 Å². The molecular weight excluding hydrogens is 424 g/mol. The third-order valence-corrected chi connectivity index (χ3v) is 7.04. The third-order valence-electron chi connectivity index (χ3n) is 5.25. The van der Waals surface area contributed by atoms with E-state index in [1.165, 1.54) is 19.2 Å². The lowest BCUT2D eigenvalue weighted by Crippen LogP contribution is -2.41. The molecule has 0 unspecified atom stereocenters. The minimum absolute atomic E-state index is 0.0809. The molecule has 0 radical (unpaired) electrons. The van der Waals surface area contributed by atoms with Crippen LogP contribution in [0.4, 0.5) is 5.69 Å². The predicted octanol–water partition coefficient (Wildman–Crippen LogP) is 4.38. The highest BCUT2D eigenvalue weighted by atomic mass is 32.2. The second-order valence-electron chi connectivity index (χ2n) is 7.67. The highest BCUT2D eigenvalue weighted by Crippen LogP contribution is 2.25. The quantitative estimate of drug-likeness (QED) is 0.550. The second kappa shape index (κ2) is 9.87. The Morgan fingerprint density at radius 2 is 1.66 bits per heavy atom. The predicted molar refractivity (Wildman–Crippen MR) is 126 cm³/mol. The molecule has 32 heavy (non-hydrogen) atoms. The van der Waals surface area contributed by atoms with Gasteiger partial charge in [0.25, 0.3) is 10.0 Å². The van der Waals surface area contributed by atoms with E-state index in [9.17, 15) is 13.2 Å². The van der Waals surface area contributed by atoms with Crippen molar-refractivity contribution in [3.05, 3.63) is 89.5 Å². The smallest absolute Gasteiger partial charge is 0.264 e. The Hall–Kier alpha value is -3.32. The summed E-state index contributed by atoms with van der Waals surface area (Å²) in [6, 6.07) is 20.5. The topological polar surface area (TPSA) is 75.7 Å². The van der Waals surface area contributed by atoms with Gasteiger partial charge in [0.1, 0.15) is 12.3 Å². The zero-order valence-corrected chi connectivity index (χ0v) is 19.5. The second-order valence-corrected chi connectivity index (χ2v) is 9.53. The molecule has 0 saturated heterocycles. The molecule has 0 bridgehead atoms. The Labute approximate surface area is 189 Å². The molecule has 7 heteroatoms. The summed E-state index contributed by atoms with van der Waals surface area (Å²) in [4.78, 5) is 13.0. The number of para-hydroxylation sites is 1. The number of hydrogen-bond donors (Lipinski definition) is 1. The van der Waals surface area contributed by atoms with Gasteiger partial charge in [0.2, 0.25) is 5.91 Å². The first-order valence-electron chi connectivity index (χ1n) is 10.3. The zero-order chi connectivity index (χ0) is 23.3. The lowest BCUT2D eigenvalue weighted by Gasteiger charge is -2.25. The van der Waals surface area contributed by atoms with E-state index in [1.54, 1.807) is 42.5 Å². The summed E-state index contributed by atoms with van der Waals surface area (Å²) in [5.74, 6) is 0.161. The van der Waals surface area contributed by atoms with E-state index in [-0.39, 0.29) is 17.5 Å². The molecule has 0 heterocycles. The van der Waals surface area contributed by atoms with E-state index >= 15 is 0 Å². The maximum atomic E-state index is 13.4. The maximum absolute atomic E-state index is 13.4. The molecule has 3 aromatic carbocycles. The molecule has 0 aliphatic rings. The van der Waals surface area contributed by atoms with Crippen LogP contribution in [0.3, 0.4) is 0 Å². The number of carbonyl (C=O) groups excluding carboxylic acids is 1. The average molecular weight is 453 g/mol. The first-order chi connectivity index (χ1) is 15.2.